The molecule has 0 bridgehead atoms. The lowest BCUT2D eigenvalue weighted by Crippen LogP contribution is -2.48. The van der Waals surface area contributed by atoms with Crippen LogP contribution in [0, 0.1) is 6.92 Å². The summed E-state index contributed by atoms with van der Waals surface area (Å²) in [6.07, 6.45) is 6.17. The zero-order chi connectivity index (χ0) is 21.3. The molecule has 4 nitrogen and oxygen atoms in total. The number of nitrogens with zero attached hydrogens (tertiary/aromatic N) is 1. The van der Waals surface area contributed by atoms with E-state index >= 15 is 0 Å². The maximum absolute atomic E-state index is 13.4. The van der Waals surface area contributed by atoms with Crippen LogP contribution in [-0.4, -0.2) is 35.2 Å². The third-order valence-corrected chi connectivity index (χ3v) is 6.05. The van der Waals surface area contributed by atoms with Crippen molar-refractivity contribution in [3.05, 3.63) is 71.3 Å². The molecular weight excluding hydrogens is 396 g/mol. The quantitative estimate of drug-likeness (QED) is 0.616. The molecule has 0 spiro atoms. The number of hydrogen-bond donors (Lipinski definition) is 1. The van der Waals surface area contributed by atoms with Gasteiger partial charge in [-0.1, -0.05) is 79.4 Å². The number of benzene rings is 2. The van der Waals surface area contributed by atoms with Crippen molar-refractivity contribution in [2.75, 3.05) is 12.4 Å². The van der Waals surface area contributed by atoms with Gasteiger partial charge in [-0.3, -0.25) is 9.59 Å². The smallest absolute Gasteiger partial charge is 0.247 e. The van der Waals surface area contributed by atoms with Crippen LogP contribution in [-0.2, 0) is 16.0 Å². The molecule has 5 heteroatoms. The summed E-state index contributed by atoms with van der Waals surface area (Å²) in [6, 6.07) is 17.4. The number of aryl methyl sites for hydroxylation is 1. The lowest BCUT2D eigenvalue weighted by Gasteiger charge is -2.33. The fourth-order valence-corrected chi connectivity index (χ4v) is 4.27. The van der Waals surface area contributed by atoms with Gasteiger partial charge in [-0.15, -0.1) is 11.6 Å². The van der Waals surface area contributed by atoms with E-state index in [0.717, 1.165) is 42.4 Å². The van der Waals surface area contributed by atoms with Crippen molar-refractivity contribution < 1.29 is 9.59 Å². The third-order valence-electron chi connectivity index (χ3n) is 5.82. The fraction of sp³-hybridized carbons (Fsp3) is 0.440. The van der Waals surface area contributed by atoms with Crippen LogP contribution in [0.2, 0.25) is 0 Å². The zero-order valence-corrected chi connectivity index (χ0v) is 18.4. The van der Waals surface area contributed by atoms with Crippen LogP contribution in [0.15, 0.2) is 54.6 Å². The standard InChI is InChI=1S/C25H31ClN2O2/c1-19-12-14-21(15-13-19)24(25(30)27-22-10-6-3-7-11-22)28(23(29)18-26)17-16-20-8-4-2-5-9-20/h2,4-5,8-9,12-15,22,24H,3,6-7,10-11,16-18H2,1H3,(H,27,30). The summed E-state index contributed by atoms with van der Waals surface area (Å²) in [7, 11) is 0. The van der Waals surface area contributed by atoms with Gasteiger partial charge in [0.25, 0.3) is 0 Å². The van der Waals surface area contributed by atoms with Gasteiger partial charge < -0.3 is 10.2 Å². The van der Waals surface area contributed by atoms with Gasteiger partial charge >= 0.3 is 0 Å². The first-order chi connectivity index (χ1) is 14.6. The van der Waals surface area contributed by atoms with E-state index in [1.807, 2.05) is 61.5 Å². The van der Waals surface area contributed by atoms with Gasteiger partial charge in [0.1, 0.15) is 11.9 Å². The first-order valence-electron chi connectivity index (χ1n) is 10.8. The highest BCUT2D eigenvalue weighted by atomic mass is 35.5. The minimum Gasteiger partial charge on any atom is -0.351 e. The summed E-state index contributed by atoms with van der Waals surface area (Å²) in [5, 5.41) is 3.21. The lowest BCUT2D eigenvalue weighted by atomic mass is 9.94. The van der Waals surface area contributed by atoms with E-state index in [1.165, 1.54) is 6.42 Å². The van der Waals surface area contributed by atoms with Crippen LogP contribution in [0.5, 0.6) is 0 Å². The number of rotatable bonds is 8. The monoisotopic (exact) mass is 426 g/mol. The summed E-state index contributed by atoms with van der Waals surface area (Å²) >= 11 is 5.96. The van der Waals surface area contributed by atoms with E-state index in [-0.39, 0.29) is 23.7 Å². The average molecular weight is 427 g/mol. The second-order valence-electron chi connectivity index (χ2n) is 8.11. The molecule has 1 N–H and O–H groups in total. The minimum absolute atomic E-state index is 0.114. The molecule has 1 aliphatic carbocycles. The number of hydrogen-bond acceptors (Lipinski definition) is 2. The Labute approximate surface area is 184 Å². The second-order valence-corrected chi connectivity index (χ2v) is 8.38. The number of alkyl halides is 1. The Kier molecular flexibility index (Phi) is 8.32. The molecule has 3 rings (SSSR count). The molecule has 0 radical (unpaired) electrons. The van der Waals surface area contributed by atoms with Gasteiger partial charge in [0, 0.05) is 12.6 Å². The summed E-state index contributed by atoms with van der Waals surface area (Å²) in [5.41, 5.74) is 3.06. The predicted molar refractivity (Wildman–Crippen MR) is 122 cm³/mol. The molecule has 30 heavy (non-hydrogen) atoms. The number of carbonyl (C=O) groups is 2. The van der Waals surface area contributed by atoms with Gasteiger partial charge in [0.15, 0.2) is 0 Å². The second kappa shape index (κ2) is 11.2. The normalized spacial score (nSPS) is 15.4. The highest BCUT2D eigenvalue weighted by molar-refractivity contribution is 6.27. The Hall–Kier alpha value is -2.33. The van der Waals surface area contributed by atoms with E-state index in [2.05, 4.69) is 5.32 Å². The number of nitrogens with one attached hydrogen (secondary N) is 1. The maximum atomic E-state index is 13.4. The molecule has 2 amide bonds. The molecule has 160 valence electrons. The first-order valence-corrected chi connectivity index (χ1v) is 11.4. The molecule has 1 atom stereocenters. The largest absolute Gasteiger partial charge is 0.351 e. The van der Waals surface area contributed by atoms with E-state index in [0.29, 0.717) is 13.0 Å². The summed E-state index contributed by atoms with van der Waals surface area (Å²) in [5.74, 6) is -0.484. The Morgan fingerprint density at radius 2 is 1.70 bits per heavy atom. The van der Waals surface area contributed by atoms with E-state index < -0.39 is 6.04 Å². The highest BCUT2D eigenvalue weighted by Crippen LogP contribution is 2.25. The summed E-state index contributed by atoms with van der Waals surface area (Å²) < 4.78 is 0. The van der Waals surface area contributed by atoms with Crippen LogP contribution >= 0.6 is 11.6 Å². The Bertz CT molecular complexity index is 817. The highest BCUT2D eigenvalue weighted by Gasteiger charge is 2.32. The van der Waals surface area contributed by atoms with Gasteiger partial charge in [-0.2, -0.15) is 0 Å². The molecule has 1 fully saturated rings. The van der Waals surface area contributed by atoms with Crippen molar-refractivity contribution in [1.82, 2.24) is 10.2 Å². The lowest BCUT2D eigenvalue weighted by molar-refractivity contribution is -0.139. The van der Waals surface area contributed by atoms with Gasteiger partial charge in [0.2, 0.25) is 11.8 Å². The maximum Gasteiger partial charge on any atom is 0.247 e. The SMILES string of the molecule is Cc1ccc(C(C(=O)NC2CCCCC2)N(CCc2ccccc2)C(=O)CCl)cc1. The first kappa shape index (κ1) is 22.4. The fourth-order valence-electron chi connectivity index (χ4n) is 4.12. The van der Waals surface area contributed by atoms with E-state index in [1.54, 1.807) is 4.90 Å². The molecule has 0 aliphatic heterocycles. The topological polar surface area (TPSA) is 49.4 Å². The van der Waals surface area contributed by atoms with Crippen LogP contribution in [0.1, 0.15) is 54.8 Å². The van der Waals surface area contributed by atoms with Gasteiger partial charge in [-0.25, -0.2) is 0 Å². The number of amides is 2. The summed E-state index contributed by atoms with van der Waals surface area (Å²) in [4.78, 5) is 27.9. The Morgan fingerprint density at radius 3 is 2.33 bits per heavy atom. The van der Waals surface area contributed by atoms with Crippen LogP contribution in [0.4, 0.5) is 0 Å². The van der Waals surface area contributed by atoms with Crippen LogP contribution < -0.4 is 5.32 Å². The van der Waals surface area contributed by atoms with Crippen LogP contribution in [0.3, 0.4) is 0 Å². The molecule has 0 heterocycles. The number of carbonyl (C=O) groups excluding carboxylic acids is 2. The molecule has 1 saturated carbocycles. The zero-order valence-electron chi connectivity index (χ0n) is 17.6. The molecular formula is C25H31ClN2O2. The van der Waals surface area contributed by atoms with E-state index in [9.17, 15) is 9.59 Å². The van der Waals surface area contributed by atoms with Crippen molar-refractivity contribution >= 4 is 23.4 Å². The molecule has 0 aromatic heterocycles. The number of halogens is 1. The van der Waals surface area contributed by atoms with Crippen molar-refractivity contribution in [2.24, 2.45) is 0 Å². The minimum atomic E-state index is -0.678. The van der Waals surface area contributed by atoms with Gasteiger partial charge in [0.05, 0.1) is 0 Å². The molecule has 1 aliphatic rings. The van der Waals surface area contributed by atoms with Gasteiger partial charge in [-0.05, 0) is 37.3 Å². The summed E-state index contributed by atoms with van der Waals surface area (Å²) in [6.45, 7) is 2.45. The van der Waals surface area contributed by atoms with Crippen molar-refractivity contribution in [1.29, 1.82) is 0 Å². The Balaban J connectivity index is 1.86. The predicted octanol–water partition coefficient (Wildman–Crippen LogP) is 4.80. The van der Waals surface area contributed by atoms with Crippen molar-refractivity contribution in [3.63, 3.8) is 0 Å². The van der Waals surface area contributed by atoms with Crippen LogP contribution in [0.25, 0.3) is 0 Å². The third kappa shape index (κ3) is 6.09. The molecule has 1 unspecified atom stereocenters. The average Bonchev–Trinajstić information content (AvgIpc) is 2.78. The molecule has 2 aromatic carbocycles. The molecule has 2 aromatic rings. The van der Waals surface area contributed by atoms with Crippen molar-refractivity contribution in [3.8, 4) is 0 Å². The molecule has 0 saturated heterocycles. The Morgan fingerprint density at radius 1 is 1.03 bits per heavy atom. The van der Waals surface area contributed by atoms with E-state index in [4.69, 9.17) is 11.6 Å². The van der Waals surface area contributed by atoms with Crippen molar-refractivity contribution in [2.45, 2.75) is 57.5 Å².